The quantitative estimate of drug-likeness (QED) is 0.260. The van der Waals surface area contributed by atoms with E-state index in [1.165, 1.54) is 4.90 Å². The molecule has 37 heavy (non-hydrogen) atoms. The minimum atomic E-state index is -3.91. The van der Waals surface area contributed by atoms with Gasteiger partial charge in [0.25, 0.3) is 0 Å². The zero-order valence-corrected chi connectivity index (χ0v) is 22.6. The highest BCUT2D eigenvalue weighted by Crippen LogP contribution is 2.48. The Morgan fingerprint density at radius 2 is 1.54 bits per heavy atom. The van der Waals surface area contributed by atoms with Crippen molar-refractivity contribution in [1.82, 2.24) is 9.80 Å². The molecular formula is C26H34N3O7P. The Labute approximate surface area is 217 Å². The topological polar surface area (TPSA) is 99.1 Å². The molecule has 1 amide bonds. The van der Waals surface area contributed by atoms with Crippen molar-refractivity contribution >= 4 is 19.8 Å². The first-order chi connectivity index (χ1) is 17.6. The molecule has 2 heterocycles. The molecule has 0 radical (unpaired) electrons. The van der Waals surface area contributed by atoms with Crippen molar-refractivity contribution < 1.29 is 32.6 Å². The SMILES string of the molecule is CN=CN(C)[C@@H]1O[C@H](CN(C)C(=O)CP(=O)(Oc2ccccc2)Oc2ccccc2)[C@H]2OC(C)(C)O[C@H]21. The molecule has 0 N–H and O–H groups in total. The zero-order chi connectivity index (χ0) is 26.6. The average Bonchev–Trinajstić information content (AvgIpc) is 3.33. The maximum Gasteiger partial charge on any atom is 0.440 e. The minimum Gasteiger partial charge on any atom is -0.416 e. The summed E-state index contributed by atoms with van der Waals surface area (Å²) in [4.78, 5) is 20.6. The van der Waals surface area contributed by atoms with Crippen molar-refractivity contribution in [2.75, 3.05) is 33.8 Å². The number of carbonyl (C=O) groups excluding carboxylic acids is 1. The largest absolute Gasteiger partial charge is 0.440 e. The van der Waals surface area contributed by atoms with Crippen LogP contribution in [0.5, 0.6) is 11.5 Å². The Balaban J connectivity index is 1.47. The van der Waals surface area contributed by atoms with E-state index >= 15 is 0 Å². The van der Waals surface area contributed by atoms with Gasteiger partial charge in [0.05, 0.1) is 6.34 Å². The summed E-state index contributed by atoms with van der Waals surface area (Å²) < 4.78 is 43.8. The number of para-hydroxylation sites is 2. The monoisotopic (exact) mass is 531 g/mol. The Morgan fingerprint density at radius 1 is 1.00 bits per heavy atom. The Bertz CT molecular complexity index is 1090. The number of likely N-dealkylation sites (N-methyl/N-ethyl adjacent to an activating group) is 2. The molecule has 10 nitrogen and oxygen atoms in total. The highest BCUT2D eigenvalue weighted by atomic mass is 31.2. The molecule has 2 saturated heterocycles. The van der Waals surface area contributed by atoms with Crippen LogP contribution >= 0.6 is 7.60 Å². The highest BCUT2D eigenvalue weighted by Gasteiger charge is 2.56. The van der Waals surface area contributed by atoms with Gasteiger partial charge in [-0.05, 0) is 38.1 Å². The second kappa shape index (κ2) is 11.2. The molecule has 4 rings (SSSR count). The van der Waals surface area contributed by atoms with Gasteiger partial charge in [0.2, 0.25) is 5.91 Å². The number of nitrogens with zero attached hydrogens (tertiary/aromatic N) is 3. The van der Waals surface area contributed by atoms with Crippen molar-refractivity contribution in [2.24, 2.45) is 4.99 Å². The lowest BCUT2D eigenvalue weighted by atomic mass is 10.1. The number of benzene rings is 2. The standard InChI is InChI=1S/C26H34N3O7P/c1-26(2)33-23-21(32-25(24(23)34-26)29(5)18-27-3)16-28(4)22(30)17-37(31,35-19-12-8-6-9-13-19)36-20-14-10-7-11-15-20/h6-15,18,21,23-25H,16-17H2,1-5H3/t21-,23-,24-,25-/m1/s1. The van der Waals surface area contributed by atoms with Crippen LogP contribution in [0.2, 0.25) is 0 Å². The summed E-state index contributed by atoms with van der Waals surface area (Å²) in [6, 6.07) is 17.3. The van der Waals surface area contributed by atoms with Gasteiger partial charge in [0, 0.05) is 27.7 Å². The van der Waals surface area contributed by atoms with Crippen LogP contribution in [0.25, 0.3) is 0 Å². The Kier molecular flexibility index (Phi) is 8.23. The Hall–Kier alpha value is -2.91. The van der Waals surface area contributed by atoms with E-state index in [1.807, 2.05) is 37.9 Å². The summed E-state index contributed by atoms with van der Waals surface area (Å²) >= 11 is 0. The number of amides is 1. The van der Waals surface area contributed by atoms with Gasteiger partial charge in [-0.15, -0.1) is 0 Å². The summed E-state index contributed by atoms with van der Waals surface area (Å²) in [5.74, 6) is -0.506. The van der Waals surface area contributed by atoms with Crippen LogP contribution in [0.3, 0.4) is 0 Å². The second-order valence-corrected chi connectivity index (χ2v) is 11.4. The van der Waals surface area contributed by atoms with Gasteiger partial charge in [-0.1, -0.05) is 36.4 Å². The van der Waals surface area contributed by atoms with Gasteiger partial charge in [-0.3, -0.25) is 9.79 Å². The molecule has 2 aliphatic rings. The predicted molar refractivity (Wildman–Crippen MR) is 139 cm³/mol. The van der Waals surface area contributed by atoms with E-state index in [4.69, 9.17) is 23.3 Å². The molecule has 0 bridgehead atoms. The van der Waals surface area contributed by atoms with Crippen LogP contribution in [0.4, 0.5) is 0 Å². The number of carbonyl (C=O) groups is 1. The molecule has 0 aliphatic carbocycles. The van der Waals surface area contributed by atoms with Gasteiger partial charge < -0.3 is 33.1 Å². The van der Waals surface area contributed by atoms with E-state index in [1.54, 1.807) is 69.0 Å². The van der Waals surface area contributed by atoms with Gasteiger partial charge in [-0.2, -0.15) is 0 Å². The van der Waals surface area contributed by atoms with Crippen LogP contribution in [0.1, 0.15) is 13.8 Å². The van der Waals surface area contributed by atoms with Crippen molar-refractivity contribution in [3.05, 3.63) is 60.7 Å². The molecule has 0 saturated carbocycles. The van der Waals surface area contributed by atoms with Gasteiger partial charge in [0.1, 0.15) is 29.8 Å². The number of rotatable bonds is 10. The van der Waals surface area contributed by atoms with E-state index < -0.39 is 43.9 Å². The first-order valence-electron chi connectivity index (χ1n) is 12.1. The van der Waals surface area contributed by atoms with Crippen LogP contribution in [-0.2, 0) is 23.6 Å². The molecule has 2 aromatic rings. The van der Waals surface area contributed by atoms with E-state index in [2.05, 4.69) is 4.99 Å². The third-order valence-corrected chi connectivity index (χ3v) is 7.64. The first kappa shape index (κ1) is 27.1. The van der Waals surface area contributed by atoms with Gasteiger partial charge in [-0.25, -0.2) is 4.57 Å². The van der Waals surface area contributed by atoms with Gasteiger partial charge in [0.15, 0.2) is 18.2 Å². The zero-order valence-electron chi connectivity index (χ0n) is 21.7. The molecule has 11 heteroatoms. The number of hydrogen-bond donors (Lipinski definition) is 0. The highest BCUT2D eigenvalue weighted by molar-refractivity contribution is 7.55. The number of aliphatic imine (C=N–C) groups is 1. The number of ether oxygens (including phenoxy) is 3. The lowest BCUT2D eigenvalue weighted by Gasteiger charge is -2.29. The maximum atomic E-state index is 13.8. The summed E-state index contributed by atoms with van der Waals surface area (Å²) in [7, 11) is 1.24. The van der Waals surface area contributed by atoms with E-state index in [0.717, 1.165) is 0 Å². The lowest BCUT2D eigenvalue weighted by molar-refractivity contribution is -0.199. The van der Waals surface area contributed by atoms with Crippen LogP contribution in [0, 0.1) is 0 Å². The Morgan fingerprint density at radius 3 is 2.08 bits per heavy atom. The van der Waals surface area contributed by atoms with Crippen LogP contribution in [0.15, 0.2) is 65.7 Å². The van der Waals surface area contributed by atoms with Crippen LogP contribution in [-0.4, -0.2) is 86.2 Å². The lowest BCUT2D eigenvalue weighted by Crippen LogP contribution is -2.42. The molecule has 4 atom stereocenters. The third-order valence-electron chi connectivity index (χ3n) is 6.01. The fourth-order valence-corrected chi connectivity index (χ4v) is 6.03. The second-order valence-electron chi connectivity index (χ2n) is 9.52. The van der Waals surface area contributed by atoms with E-state index in [0.29, 0.717) is 11.5 Å². The molecule has 2 aromatic carbocycles. The molecule has 2 aliphatic heterocycles. The molecule has 200 valence electrons. The van der Waals surface area contributed by atoms with Crippen molar-refractivity contribution in [2.45, 2.75) is 44.2 Å². The number of hydrogen-bond acceptors (Lipinski definition) is 8. The van der Waals surface area contributed by atoms with Crippen molar-refractivity contribution in [3.63, 3.8) is 0 Å². The van der Waals surface area contributed by atoms with Crippen LogP contribution < -0.4 is 9.05 Å². The fourth-order valence-electron chi connectivity index (χ4n) is 4.41. The summed E-state index contributed by atoms with van der Waals surface area (Å²) in [5.41, 5.74) is 0. The van der Waals surface area contributed by atoms with E-state index in [9.17, 15) is 9.36 Å². The minimum absolute atomic E-state index is 0.198. The fraction of sp³-hybridized carbons (Fsp3) is 0.462. The average molecular weight is 532 g/mol. The predicted octanol–water partition coefficient (Wildman–Crippen LogP) is 3.63. The maximum absolute atomic E-state index is 13.8. The molecule has 0 spiro atoms. The molecule has 0 aromatic heterocycles. The molecule has 0 unspecified atom stereocenters. The smallest absolute Gasteiger partial charge is 0.416 e. The summed E-state index contributed by atoms with van der Waals surface area (Å²) in [6.07, 6.45) is -0.453. The summed E-state index contributed by atoms with van der Waals surface area (Å²) in [5, 5.41) is 0. The van der Waals surface area contributed by atoms with E-state index in [-0.39, 0.29) is 12.6 Å². The molecular weight excluding hydrogens is 497 g/mol. The number of fused-ring (bicyclic) bond motifs is 1. The molecule has 2 fully saturated rings. The third kappa shape index (κ3) is 6.70. The first-order valence-corrected chi connectivity index (χ1v) is 13.8. The van der Waals surface area contributed by atoms with Crippen molar-refractivity contribution in [1.29, 1.82) is 0 Å². The summed E-state index contributed by atoms with van der Waals surface area (Å²) in [6.45, 7) is 3.89. The normalized spacial score (nSPS) is 24.6. The van der Waals surface area contributed by atoms with Gasteiger partial charge >= 0.3 is 7.60 Å². The van der Waals surface area contributed by atoms with Crippen molar-refractivity contribution in [3.8, 4) is 11.5 Å².